The highest BCUT2D eigenvalue weighted by Gasteiger charge is 2.45. The van der Waals surface area contributed by atoms with Crippen molar-refractivity contribution in [3.8, 4) is 5.75 Å². The minimum absolute atomic E-state index is 0.0507. The first kappa shape index (κ1) is 26.5. The van der Waals surface area contributed by atoms with Gasteiger partial charge in [-0.1, -0.05) is 54.7 Å². The number of thiocarbonyl (C=S) groups is 1. The number of nitrogens with zero attached hydrogens (tertiary/aromatic N) is 2. The first-order chi connectivity index (χ1) is 18.8. The number of carbonyl (C=O) groups is 1. The standard InChI is InChI=1S/C26H24N4O7S2/c1-2-16(36-23(32)14-9-5-3-6-10-14)17-13-18(37-26(38)34-15-11-7-4-8-12-15)22(35-17)30-20-19(39-25(30)33)21(31)29-24(27)28-20/h3-12,16-18,22H,2,13H2,1H3,(H3,27,28,29,31)/t16?,17-,18?,22+/m0/s1. The van der Waals surface area contributed by atoms with Gasteiger partial charge in [-0.2, -0.15) is 4.98 Å². The number of ether oxygens (including phenoxy) is 4. The lowest BCUT2D eigenvalue weighted by molar-refractivity contribution is -0.0810. The van der Waals surface area contributed by atoms with Crippen LogP contribution < -0.4 is 20.9 Å². The average Bonchev–Trinajstić information content (AvgIpc) is 3.47. The molecular formula is C26H24N4O7S2. The largest absolute Gasteiger partial charge is 0.456 e. The van der Waals surface area contributed by atoms with Crippen molar-refractivity contribution in [1.82, 2.24) is 14.5 Å². The highest BCUT2D eigenvalue weighted by Crippen LogP contribution is 2.36. The number of carbonyl (C=O) groups excluding carboxylic acids is 1. The van der Waals surface area contributed by atoms with Crippen LogP contribution in [-0.4, -0.2) is 44.1 Å². The monoisotopic (exact) mass is 568 g/mol. The van der Waals surface area contributed by atoms with Crippen LogP contribution >= 0.6 is 23.6 Å². The molecule has 3 N–H and O–H groups in total. The number of benzene rings is 2. The summed E-state index contributed by atoms with van der Waals surface area (Å²) in [5.74, 6) is -0.192. The number of H-pyrrole nitrogens is 1. The van der Waals surface area contributed by atoms with E-state index in [0.717, 1.165) is 0 Å². The Morgan fingerprint density at radius 3 is 2.59 bits per heavy atom. The Morgan fingerprint density at radius 1 is 1.21 bits per heavy atom. The number of hydrogen-bond acceptors (Lipinski definition) is 11. The van der Waals surface area contributed by atoms with Crippen LogP contribution in [-0.2, 0) is 14.2 Å². The lowest BCUT2D eigenvalue weighted by Crippen LogP contribution is -2.32. The summed E-state index contributed by atoms with van der Waals surface area (Å²) in [6.45, 7) is 1.85. The third-order valence-corrected chi connectivity index (χ3v) is 7.24. The minimum atomic E-state index is -1.06. The number of hydrogen-bond donors (Lipinski definition) is 2. The maximum Gasteiger partial charge on any atom is 0.358 e. The van der Waals surface area contributed by atoms with Gasteiger partial charge >= 0.3 is 16.1 Å². The molecule has 1 fully saturated rings. The zero-order valence-electron chi connectivity index (χ0n) is 20.6. The van der Waals surface area contributed by atoms with E-state index in [0.29, 0.717) is 29.1 Å². The number of nitrogens with two attached hydrogens (primary N) is 1. The van der Waals surface area contributed by atoms with E-state index in [9.17, 15) is 14.4 Å². The van der Waals surface area contributed by atoms with Gasteiger partial charge in [-0.3, -0.25) is 19.1 Å². The van der Waals surface area contributed by atoms with Crippen LogP contribution in [0.2, 0.25) is 0 Å². The molecule has 0 radical (unpaired) electrons. The summed E-state index contributed by atoms with van der Waals surface area (Å²) in [5, 5.41) is -0.187. The molecule has 1 saturated heterocycles. The van der Waals surface area contributed by atoms with Gasteiger partial charge in [0, 0.05) is 18.6 Å². The van der Waals surface area contributed by atoms with E-state index in [1.54, 1.807) is 54.6 Å². The van der Waals surface area contributed by atoms with E-state index in [1.807, 2.05) is 13.0 Å². The van der Waals surface area contributed by atoms with Gasteiger partial charge in [-0.05, 0) is 30.7 Å². The number of nitrogens with one attached hydrogen (secondary N) is 1. The Hall–Kier alpha value is -4.07. The first-order valence-electron chi connectivity index (χ1n) is 12.1. The summed E-state index contributed by atoms with van der Waals surface area (Å²) in [6, 6.07) is 17.4. The molecule has 0 bridgehead atoms. The quantitative estimate of drug-likeness (QED) is 0.251. The Bertz CT molecular complexity index is 1600. The van der Waals surface area contributed by atoms with Gasteiger partial charge < -0.3 is 24.7 Å². The molecular weight excluding hydrogens is 544 g/mol. The normalized spacial score (nSPS) is 19.5. The molecule has 2 aromatic heterocycles. The third kappa shape index (κ3) is 5.70. The van der Waals surface area contributed by atoms with Gasteiger partial charge in [0.25, 0.3) is 5.56 Å². The Balaban J connectivity index is 1.45. The zero-order valence-corrected chi connectivity index (χ0v) is 22.3. The van der Waals surface area contributed by atoms with Crippen LogP contribution in [0.25, 0.3) is 10.3 Å². The average molecular weight is 569 g/mol. The molecule has 39 heavy (non-hydrogen) atoms. The molecule has 4 aromatic rings. The molecule has 0 saturated carbocycles. The summed E-state index contributed by atoms with van der Waals surface area (Å²) in [6.07, 6.45) is -2.61. The van der Waals surface area contributed by atoms with Crippen LogP contribution in [0.3, 0.4) is 0 Å². The number of esters is 1. The van der Waals surface area contributed by atoms with Gasteiger partial charge in [-0.15, -0.1) is 0 Å². The third-order valence-electron chi connectivity index (χ3n) is 6.12. The fourth-order valence-corrected chi connectivity index (χ4v) is 5.41. The van der Waals surface area contributed by atoms with E-state index in [-0.39, 0.29) is 28.0 Å². The second kappa shape index (κ2) is 11.4. The molecule has 4 atom stereocenters. The molecule has 11 nitrogen and oxygen atoms in total. The van der Waals surface area contributed by atoms with Crippen molar-refractivity contribution < 1.29 is 23.7 Å². The van der Waals surface area contributed by atoms with Crippen molar-refractivity contribution in [3.05, 3.63) is 86.2 Å². The molecule has 13 heteroatoms. The number of aromatic amines is 1. The Labute approximate surface area is 231 Å². The summed E-state index contributed by atoms with van der Waals surface area (Å²) in [5.41, 5.74) is 5.67. The SMILES string of the molecule is CCC(OC(=O)c1ccccc1)[C@@H]1CC(OC(=S)Oc2ccccc2)[C@H](n2c(=O)sc3c(=O)[nH]c(N)nc32)O1. The van der Waals surface area contributed by atoms with Crippen molar-refractivity contribution in [2.75, 3.05) is 5.73 Å². The maximum atomic E-state index is 13.1. The van der Waals surface area contributed by atoms with Crippen LogP contribution in [0.5, 0.6) is 5.75 Å². The second-order valence-corrected chi connectivity index (χ2v) is 9.98. The summed E-state index contributed by atoms with van der Waals surface area (Å²) in [4.78, 5) is 44.4. The second-order valence-electron chi connectivity index (χ2n) is 8.68. The van der Waals surface area contributed by atoms with Crippen molar-refractivity contribution >= 4 is 51.1 Å². The number of thiazole rings is 1. The highest BCUT2D eigenvalue weighted by atomic mass is 32.1. The zero-order chi connectivity index (χ0) is 27.5. The van der Waals surface area contributed by atoms with Crippen LogP contribution in [0, 0.1) is 0 Å². The van der Waals surface area contributed by atoms with Gasteiger partial charge in [0.2, 0.25) is 5.95 Å². The molecule has 2 aromatic carbocycles. The number of para-hydroxylation sites is 1. The predicted octanol–water partition coefficient (Wildman–Crippen LogP) is 3.40. The molecule has 202 valence electrons. The fourth-order valence-electron chi connectivity index (χ4n) is 4.34. The van der Waals surface area contributed by atoms with Crippen molar-refractivity contribution in [2.24, 2.45) is 0 Å². The van der Waals surface area contributed by atoms with E-state index in [2.05, 4.69) is 9.97 Å². The van der Waals surface area contributed by atoms with Gasteiger partial charge in [0.05, 0.1) is 5.56 Å². The van der Waals surface area contributed by atoms with E-state index in [1.165, 1.54) is 4.57 Å². The number of fused-ring (bicyclic) bond motifs is 1. The van der Waals surface area contributed by atoms with E-state index >= 15 is 0 Å². The van der Waals surface area contributed by atoms with Crippen molar-refractivity contribution in [1.29, 1.82) is 0 Å². The number of aromatic nitrogens is 3. The molecule has 2 unspecified atom stereocenters. The maximum absolute atomic E-state index is 13.1. The van der Waals surface area contributed by atoms with Gasteiger partial charge in [-0.25, -0.2) is 4.79 Å². The van der Waals surface area contributed by atoms with Crippen molar-refractivity contribution in [3.63, 3.8) is 0 Å². The molecule has 0 amide bonds. The fraction of sp³-hybridized carbons (Fsp3) is 0.269. The van der Waals surface area contributed by atoms with E-state index in [4.69, 9.17) is 36.9 Å². The lowest BCUT2D eigenvalue weighted by atomic mass is 10.1. The number of rotatable bonds is 7. The molecule has 1 aliphatic rings. The molecule has 0 spiro atoms. The highest BCUT2D eigenvalue weighted by molar-refractivity contribution is 7.79. The van der Waals surface area contributed by atoms with Crippen LogP contribution in [0.15, 0.2) is 70.3 Å². The Kier molecular flexibility index (Phi) is 7.72. The topological polar surface area (TPSA) is 148 Å². The molecule has 3 heterocycles. The molecule has 0 aliphatic carbocycles. The summed E-state index contributed by atoms with van der Waals surface area (Å²) >= 11 is 6.04. The van der Waals surface area contributed by atoms with Crippen LogP contribution in [0.4, 0.5) is 5.95 Å². The molecule has 1 aliphatic heterocycles. The summed E-state index contributed by atoms with van der Waals surface area (Å²) in [7, 11) is 0. The lowest BCUT2D eigenvalue weighted by Gasteiger charge is -2.23. The number of nitrogen functional groups attached to an aromatic ring is 1. The van der Waals surface area contributed by atoms with Gasteiger partial charge in [0.1, 0.15) is 22.7 Å². The van der Waals surface area contributed by atoms with E-state index < -0.39 is 40.9 Å². The predicted molar refractivity (Wildman–Crippen MR) is 148 cm³/mol. The van der Waals surface area contributed by atoms with Gasteiger partial charge in [0.15, 0.2) is 18.0 Å². The Morgan fingerprint density at radius 2 is 1.90 bits per heavy atom. The van der Waals surface area contributed by atoms with Crippen LogP contribution in [0.1, 0.15) is 36.4 Å². The molecule has 5 rings (SSSR count). The summed E-state index contributed by atoms with van der Waals surface area (Å²) < 4.78 is 25.0. The smallest absolute Gasteiger partial charge is 0.358 e. The minimum Gasteiger partial charge on any atom is -0.456 e. The van der Waals surface area contributed by atoms with Crippen molar-refractivity contribution in [2.45, 2.75) is 44.3 Å². The first-order valence-corrected chi connectivity index (χ1v) is 13.3. The number of anilines is 1.